The zero-order valence-electron chi connectivity index (χ0n) is 17.7. The van der Waals surface area contributed by atoms with Crippen LogP contribution in [0, 0.1) is 0 Å². The van der Waals surface area contributed by atoms with Crippen molar-refractivity contribution >= 4 is 11.8 Å². The molecule has 0 aromatic heterocycles. The monoisotopic (exact) mass is 430 g/mol. The van der Waals surface area contributed by atoms with E-state index in [0.717, 1.165) is 5.56 Å². The molecule has 0 aliphatic carbocycles. The van der Waals surface area contributed by atoms with Crippen LogP contribution >= 0.6 is 0 Å². The van der Waals surface area contributed by atoms with E-state index in [9.17, 15) is 14.7 Å². The topological polar surface area (TPSA) is 92.9 Å². The molecule has 0 amide bonds. The molecule has 1 aliphatic heterocycles. The number of rotatable bonds is 6. The maximum absolute atomic E-state index is 12.9. The predicted octanol–water partition coefficient (Wildman–Crippen LogP) is 3.36. The summed E-state index contributed by atoms with van der Waals surface area (Å²) in [7, 11) is 0. The number of piperidine rings is 1. The number of esters is 1. The van der Waals surface area contributed by atoms with Crippen molar-refractivity contribution in [2.45, 2.75) is 24.6 Å². The highest BCUT2D eigenvalue weighted by atomic mass is 16.5. The molecule has 3 aromatic carbocycles. The molecule has 1 atom stereocenters. The highest BCUT2D eigenvalue weighted by Gasteiger charge is 2.36. The maximum atomic E-state index is 12.9. The van der Waals surface area contributed by atoms with E-state index in [0.29, 0.717) is 42.8 Å². The van der Waals surface area contributed by atoms with Crippen molar-refractivity contribution in [3.8, 4) is 5.75 Å². The van der Waals surface area contributed by atoms with Gasteiger partial charge in [-0.2, -0.15) is 0 Å². The fourth-order valence-electron chi connectivity index (χ4n) is 3.97. The highest BCUT2D eigenvalue weighted by Crippen LogP contribution is 2.33. The van der Waals surface area contributed by atoms with Gasteiger partial charge < -0.3 is 15.6 Å². The van der Waals surface area contributed by atoms with Gasteiger partial charge in [0, 0.05) is 18.7 Å². The lowest BCUT2D eigenvalue weighted by Crippen LogP contribution is -2.53. The van der Waals surface area contributed by atoms with E-state index in [1.54, 1.807) is 48.5 Å². The molecule has 0 radical (unpaired) electrons. The van der Waals surface area contributed by atoms with E-state index in [1.165, 1.54) is 0 Å². The molecular formula is C26H26N2O4. The zero-order valence-corrected chi connectivity index (χ0v) is 17.7. The van der Waals surface area contributed by atoms with E-state index in [4.69, 9.17) is 10.5 Å². The molecule has 0 saturated carbocycles. The van der Waals surface area contributed by atoms with Gasteiger partial charge in [-0.05, 0) is 54.8 Å². The molecule has 1 aliphatic rings. The number of carbonyl (C=O) groups is 2. The Morgan fingerprint density at radius 2 is 1.41 bits per heavy atom. The summed E-state index contributed by atoms with van der Waals surface area (Å²) in [5.74, 6) is -0.313. The van der Waals surface area contributed by atoms with Gasteiger partial charge in [0.2, 0.25) is 0 Å². The van der Waals surface area contributed by atoms with Gasteiger partial charge in [0.05, 0.1) is 11.2 Å². The van der Waals surface area contributed by atoms with E-state index in [-0.39, 0.29) is 5.78 Å². The first-order valence-corrected chi connectivity index (χ1v) is 10.7. The molecule has 1 saturated heterocycles. The van der Waals surface area contributed by atoms with E-state index in [1.807, 2.05) is 41.3 Å². The van der Waals surface area contributed by atoms with Crippen LogP contribution in [0.4, 0.5) is 0 Å². The van der Waals surface area contributed by atoms with E-state index in [2.05, 4.69) is 0 Å². The minimum absolute atomic E-state index is 0.212. The molecule has 4 rings (SSSR count). The Morgan fingerprint density at radius 1 is 0.844 bits per heavy atom. The number of nitrogens with two attached hydrogens (primary N) is 1. The molecule has 3 N–H and O–H groups in total. The number of benzene rings is 3. The molecule has 0 unspecified atom stereocenters. The second-order valence-electron chi connectivity index (χ2n) is 8.02. The van der Waals surface area contributed by atoms with Gasteiger partial charge in [0.1, 0.15) is 11.9 Å². The minimum Gasteiger partial charge on any atom is -0.423 e. The average molecular weight is 431 g/mol. The Bertz CT molecular complexity index is 1060. The second-order valence-corrected chi connectivity index (χ2v) is 8.02. The number of likely N-dealkylation sites (tertiary alicyclic amines) is 1. The molecule has 32 heavy (non-hydrogen) atoms. The van der Waals surface area contributed by atoms with Crippen LogP contribution in [0.2, 0.25) is 0 Å². The number of ketones is 1. The SMILES string of the molecule is N[C@H](C(=O)c1ccc(OC(=O)c2ccccc2)cc1)N1CCC(O)(c2ccccc2)CC1. The van der Waals surface area contributed by atoms with Gasteiger partial charge in [-0.1, -0.05) is 48.5 Å². The van der Waals surface area contributed by atoms with Crippen LogP contribution in [-0.2, 0) is 5.60 Å². The van der Waals surface area contributed by atoms with Gasteiger partial charge in [0.25, 0.3) is 0 Å². The Kier molecular flexibility index (Phi) is 6.46. The maximum Gasteiger partial charge on any atom is 0.343 e. The Morgan fingerprint density at radius 3 is 2.00 bits per heavy atom. The summed E-state index contributed by atoms with van der Waals surface area (Å²) in [6, 6.07) is 24.7. The Balaban J connectivity index is 1.35. The number of Topliss-reactive ketones (excluding diaryl/α,β-unsaturated/α-hetero) is 1. The number of nitrogens with zero attached hydrogens (tertiary/aromatic N) is 1. The van der Waals surface area contributed by atoms with Crippen LogP contribution in [-0.4, -0.2) is 41.0 Å². The number of hydrogen-bond acceptors (Lipinski definition) is 6. The van der Waals surface area contributed by atoms with Crippen LogP contribution in [0.15, 0.2) is 84.9 Å². The van der Waals surface area contributed by atoms with E-state index < -0.39 is 17.7 Å². The summed E-state index contributed by atoms with van der Waals surface area (Å²) >= 11 is 0. The quantitative estimate of drug-likeness (QED) is 0.354. The van der Waals surface area contributed by atoms with E-state index >= 15 is 0 Å². The standard InChI is InChI=1S/C26H26N2O4/c27-24(28-17-15-26(31,16-18-28)21-9-5-2-6-10-21)23(29)19-11-13-22(14-12-19)32-25(30)20-7-3-1-4-8-20/h1-14,24,31H,15-18,27H2/t24-/m0/s1. The van der Waals surface area contributed by atoms with Crippen molar-refractivity contribution in [3.63, 3.8) is 0 Å². The van der Waals surface area contributed by atoms with Crippen molar-refractivity contribution in [2.24, 2.45) is 5.73 Å². The van der Waals surface area contributed by atoms with Crippen molar-refractivity contribution in [1.29, 1.82) is 0 Å². The largest absolute Gasteiger partial charge is 0.423 e. The van der Waals surface area contributed by atoms with Crippen molar-refractivity contribution < 1.29 is 19.4 Å². The summed E-state index contributed by atoms with van der Waals surface area (Å²) in [5.41, 5.74) is 7.15. The Hall–Kier alpha value is -3.32. The first-order valence-electron chi connectivity index (χ1n) is 10.7. The van der Waals surface area contributed by atoms with Crippen molar-refractivity contribution in [2.75, 3.05) is 13.1 Å². The number of hydrogen-bond donors (Lipinski definition) is 2. The summed E-state index contributed by atoms with van der Waals surface area (Å²) in [6.45, 7) is 1.04. The molecular weight excluding hydrogens is 404 g/mol. The lowest BCUT2D eigenvalue weighted by molar-refractivity contribution is -0.0328. The average Bonchev–Trinajstić information content (AvgIpc) is 2.85. The fourth-order valence-corrected chi connectivity index (χ4v) is 3.97. The first kappa shape index (κ1) is 21.9. The molecule has 0 spiro atoms. The number of aliphatic hydroxyl groups is 1. The van der Waals surface area contributed by atoms with Gasteiger partial charge in [-0.3, -0.25) is 9.69 Å². The third-order valence-electron chi connectivity index (χ3n) is 5.96. The lowest BCUT2D eigenvalue weighted by Gasteiger charge is -2.40. The molecule has 3 aromatic rings. The summed E-state index contributed by atoms with van der Waals surface area (Å²) in [5, 5.41) is 11.0. The molecule has 6 heteroatoms. The predicted molar refractivity (Wildman–Crippen MR) is 121 cm³/mol. The third kappa shape index (κ3) is 4.78. The van der Waals surface area contributed by atoms with Crippen LogP contribution in [0.5, 0.6) is 5.75 Å². The number of ether oxygens (including phenoxy) is 1. The van der Waals surface area contributed by atoms with Gasteiger partial charge in [-0.25, -0.2) is 4.79 Å². The summed E-state index contributed by atoms with van der Waals surface area (Å²) < 4.78 is 5.36. The second kappa shape index (κ2) is 9.44. The fraction of sp³-hybridized carbons (Fsp3) is 0.231. The first-order chi connectivity index (χ1) is 15.5. The molecule has 1 fully saturated rings. The summed E-state index contributed by atoms with van der Waals surface area (Å²) in [6.07, 6.45) is 0.215. The van der Waals surface area contributed by atoms with Crippen LogP contribution in [0.3, 0.4) is 0 Å². The van der Waals surface area contributed by atoms with Gasteiger partial charge in [0.15, 0.2) is 5.78 Å². The molecule has 164 valence electrons. The number of carbonyl (C=O) groups excluding carboxylic acids is 2. The van der Waals surface area contributed by atoms with Gasteiger partial charge >= 0.3 is 5.97 Å². The van der Waals surface area contributed by atoms with Crippen LogP contribution in [0.1, 0.15) is 39.1 Å². The zero-order chi connectivity index (χ0) is 22.6. The molecule has 0 bridgehead atoms. The minimum atomic E-state index is -0.898. The van der Waals surface area contributed by atoms with Gasteiger partial charge in [-0.15, -0.1) is 0 Å². The normalized spacial score (nSPS) is 16.8. The molecule has 1 heterocycles. The summed E-state index contributed by atoms with van der Waals surface area (Å²) in [4.78, 5) is 27.0. The van der Waals surface area contributed by atoms with Crippen LogP contribution in [0.25, 0.3) is 0 Å². The smallest absolute Gasteiger partial charge is 0.343 e. The molecule has 6 nitrogen and oxygen atoms in total. The highest BCUT2D eigenvalue weighted by molar-refractivity contribution is 6.00. The lowest BCUT2D eigenvalue weighted by atomic mass is 9.84. The van der Waals surface area contributed by atoms with Crippen molar-refractivity contribution in [3.05, 3.63) is 102 Å². The third-order valence-corrected chi connectivity index (χ3v) is 5.96. The van der Waals surface area contributed by atoms with Crippen molar-refractivity contribution in [1.82, 2.24) is 4.90 Å². The van der Waals surface area contributed by atoms with Crippen LogP contribution < -0.4 is 10.5 Å². The Labute approximate surface area is 187 Å².